The van der Waals surface area contributed by atoms with Crippen molar-refractivity contribution in [2.75, 3.05) is 19.4 Å². The van der Waals surface area contributed by atoms with Crippen LogP contribution in [-0.2, 0) is 6.54 Å². The van der Waals surface area contributed by atoms with Gasteiger partial charge in [-0.2, -0.15) is 5.10 Å². The lowest BCUT2D eigenvalue weighted by atomic mass is 10.2. The molecule has 1 atom stereocenters. The van der Waals surface area contributed by atoms with E-state index in [1.54, 1.807) is 32.6 Å². The van der Waals surface area contributed by atoms with Gasteiger partial charge in [0.2, 0.25) is 0 Å². The minimum atomic E-state index is -0.103. The van der Waals surface area contributed by atoms with Crippen molar-refractivity contribution in [3.63, 3.8) is 0 Å². The average Bonchev–Trinajstić information content (AvgIpc) is 2.90. The summed E-state index contributed by atoms with van der Waals surface area (Å²) in [4.78, 5) is 17.5. The smallest absolute Gasteiger partial charge is 0.272 e. The quantitative estimate of drug-likeness (QED) is 0.896. The normalized spacial score (nSPS) is 11.9. The summed E-state index contributed by atoms with van der Waals surface area (Å²) in [5.74, 6) is -0.103. The van der Waals surface area contributed by atoms with Crippen molar-refractivity contribution >= 4 is 11.6 Å². The van der Waals surface area contributed by atoms with E-state index in [1.165, 1.54) is 4.90 Å². The minimum absolute atomic E-state index is 0.103. The van der Waals surface area contributed by atoms with Gasteiger partial charge in [-0.3, -0.25) is 14.5 Å². The lowest BCUT2D eigenvalue weighted by Crippen LogP contribution is -2.24. The number of amides is 1. The molecule has 2 heterocycles. The molecular formula is C14H19N5O. The molecule has 2 aromatic rings. The van der Waals surface area contributed by atoms with Crippen molar-refractivity contribution in [3.8, 4) is 0 Å². The SMILES string of the molecule is CC(Cn1cccn1)Nc1ccnc(C(=O)N(C)C)c1. The Labute approximate surface area is 118 Å². The summed E-state index contributed by atoms with van der Waals surface area (Å²) < 4.78 is 1.87. The lowest BCUT2D eigenvalue weighted by Gasteiger charge is -2.16. The monoisotopic (exact) mass is 273 g/mol. The van der Waals surface area contributed by atoms with Crippen LogP contribution in [0, 0.1) is 0 Å². The molecule has 1 amide bonds. The minimum Gasteiger partial charge on any atom is -0.381 e. The molecule has 20 heavy (non-hydrogen) atoms. The Hall–Kier alpha value is -2.37. The molecule has 0 aliphatic rings. The van der Waals surface area contributed by atoms with Crippen molar-refractivity contribution in [2.24, 2.45) is 0 Å². The van der Waals surface area contributed by atoms with Gasteiger partial charge in [0.05, 0.1) is 6.54 Å². The fourth-order valence-electron chi connectivity index (χ4n) is 1.89. The van der Waals surface area contributed by atoms with Gasteiger partial charge in [-0.25, -0.2) is 0 Å². The van der Waals surface area contributed by atoms with Crippen molar-refractivity contribution in [3.05, 3.63) is 42.5 Å². The van der Waals surface area contributed by atoms with Gasteiger partial charge in [-0.05, 0) is 25.1 Å². The van der Waals surface area contributed by atoms with E-state index >= 15 is 0 Å². The third-order valence-corrected chi connectivity index (χ3v) is 2.82. The second-order valence-electron chi connectivity index (χ2n) is 4.90. The Bertz CT molecular complexity index is 565. The summed E-state index contributed by atoms with van der Waals surface area (Å²) >= 11 is 0. The summed E-state index contributed by atoms with van der Waals surface area (Å²) in [7, 11) is 3.43. The summed E-state index contributed by atoms with van der Waals surface area (Å²) in [6.07, 6.45) is 5.32. The Morgan fingerprint density at radius 3 is 2.90 bits per heavy atom. The van der Waals surface area contributed by atoms with Crippen LogP contribution in [0.1, 0.15) is 17.4 Å². The van der Waals surface area contributed by atoms with Gasteiger partial charge in [-0.15, -0.1) is 0 Å². The third-order valence-electron chi connectivity index (χ3n) is 2.82. The van der Waals surface area contributed by atoms with E-state index < -0.39 is 0 Å². The molecule has 6 nitrogen and oxygen atoms in total. The maximum absolute atomic E-state index is 11.9. The van der Waals surface area contributed by atoms with E-state index in [9.17, 15) is 4.79 Å². The van der Waals surface area contributed by atoms with E-state index in [1.807, 2.05) is 23.0 Å². The average molecular weight is 273 g/mol. The number of rotatable bonds is 5. The van der Waals surface area contributed by atoms with Gasteiger partial charge in [0, 0.05) is 44.4 Å². The second-order valence-corrected chi connectivity index (χ2v) is 4.90. The van der Waals surface area contributed by atoms with Gasteiger partial charge in [0.25, 0.3) is 5.91 Å². The largest absolute Gasteiger partial charge is 0.381 e. The summed E-state index contributed by atoms with van der Waals surface area (Å²) in [5, 5.41) is 7.51. The van der Waals surface area contributed by atoms with Crippen molar-refractivity contribution in [1.29, 1.82) is 0 Å². The zero-order chi connectivity index (χ0) is 14.5. The molecule has 106 valence electrons. The fraction of sp³-hybridized carbons (Fsp3) is 0.357. The summed E-state index contributed by atoms with van der Waals surface area (Å²) in [6.45, 7) is 2.82. The van der Waals surface area contributed by atoms with Gasteiger partial charge in [-0.1, -0.05) is 0 Å². The third kappa shape index (κ3) is 3.57. The molecule has 0 saturated carbocycles. The van der Waals surface area contributed by atoms with Crippen LogP contribution in [0.2, 0.25) is 0 Å². The molecule has 0 aliphatic heterocycles. The lowest BCUT2D eigenvalue weighted by molar-refractivity contribution is 0.0822. The molecule has 1 N–H and O–H groups in total. The number of carbonyl (C=O) groups excluding carboxylic acids is 1. The number of anilines is 1. The number of pyridine rings is 1. The molecule has 2 rings (SSSR count). The predicted octanol–water partition coefficient (Wildman–Crippen LogP) is 1.48. The molecule has 0 saturated heterocycles. The maximum atomic E-state index is 11.9. The maximum Gasteiger partial charge on any atom is 0.272 e. The molecule has 6 heteroatoms. The molecule has 0 bridgehead atoms. The first-order chi connectivity index (χ1) is 9.56. The Morgan fingerprint density at radius 1 is 1.45 bits per heavy atom. The first-order valence-corrected chi connectivity index (χ1v) is 6.48. The van der Waals surface area contributed by atoms with Crippen molar-refractivity contribution < 1.29 is 4.79 Å². The van der Waals surface area contributed by atoms with Crippen LogP contribution < -0.4 is 5.32 Å². The van der Waals surface area contributed by atoms with Crippen LogP contribution in [0.25, 0.3) is 0 Å². The highest BCUT2D eigenvalue weighted by atomic mass is 16.2. The second kappa shape index (κ2) is 6.18. The zero-order valence-electron chi connectivity index (χ0n) is 11.9. The zero-order valence-corrected chi connectivity index (χ0v) is 11.9. The molecule has 0 radical (unpaired) electrons. The van der Waals surface area contributed by atoms with E-state index in [0.717, 1.165) is 12.2 Å². The molecule has 0 spiro atoms. The van der Waals surface area contributed by atoms with Crippen LogP contribution in [0.5, 0.6) is 0 Å². The Morgan fingerprint density at radius 2 is 2.25 bits per heavy atom. The standard InChI is InChI=1S/C14H19N5O/c1-11(10-19-8-4-6-16-19)17-12-5-7-15-13(9-12)14(20)18(2)3/h4-9,11H,10H2,1-3H3,(H,15,17). The molecule has 0 aliphatic carbocycles. The Kier molecular flexibility index (Phi) is 4.34. The summed E-state index contributed by atoms with van der Waals surface area (Å²) in [6, 6.07) is 5.71. The summed E-state index contributed by atoms with van der Waals surface area (Å²) in [5.41, 5.74) is 1.32. The van der Waals surface area contributed by atoms with Crippen molar-refractivity contribution in [1.82, 2.24) is 19.7 Å². The number of nitrogens with zero attached hydrogens (tertiary/aromatic N) is 4. The van der Waals surface area contributed by atoms with Gasteiger partial charge in [0.1, 0.15) is 5.69 Å². The number of aromatic nitrogens is 3. The van der Waals surface area contributed by atoms with Gasteiger partial charge < -0.3 is 10.2 Å². The van der Waals surface area contributed by atoms with Crippen LogP contribution >= 0.6 is 0 Å². The predicted molar refractivity (Wildman–Crippen MR) is 77.6 cm³/mol. The molecule has 1 unspecified atom stereocenters. The topological polar surface area (TPSA) is 63.1 Å². The highest BCUT2D eigenvalue weighted by Gasteiger charge is 2.11. The van der Waals surface area contributed by atoms with Crippen molar-refractivity contribution in [2.45, 2.75) is 19.5 Å². The van der Waals surface area contributed by atoms with Crippen LogP contribution in [-0.4, -0.2) is 45.7 Å². The molecule has 2 aromatic heterocycles. The highest BCUT2D eigenvalue weighted by Crippen LogP contribution is 2.11. The van der Waals surface area contributed by atoms with E-state index in [0.29, 0.717) is 5.69 Å². The molecule has 0 fully saturated rings. The van der Waals surface area contributed by atoms with Gasteiger partial charge >= 0.3 is 0 Å². The van der Waals surface area contributed by atoms with Gasteiger partial charge in [0.15, 0.2) is 0 Å². The molecular weight excluding hydrogens is 254 g/mol. The number of carbonyl (C=O) groups is 1. The highest BCUT2D eigenvalue weighted by molar-refractivity contribution is 5.92. The fourth-order valence-corrected chi connectivity index (χ4v) is 1.89. The van der Waals surface area contributed by atoms with Crippen LogP contribution in [0.3, 0.4) is 0 Å². The number of hydrogen-bond donors (Lipinski definition) is 1. The van der Waals surface area contributed by atoms with E-state index in [4.69, 9.17) is 0 Å². The number of nitrogens with one attached hydrogen (secondary N) is 1. The molecule has 0 aromatic carbocycles. The first kappa shape index (κ1) is 14.0. The Balaban J connectivity index is 2.02. The van der Waals surface area contributed by atoms with Crippen LogP contribution in [0.15, 0.2) is 36.8 Å². The number of hydrogen-bond acceptors (Lipinski definition) is 4. The van der Waals surface area contributed by atoms with Crippen LogP contribution in [0.4, 0.5) is 5.69 Å². The van der Waals surface area contributed by atoms with E-state index in [-0.39, 0.29) is 11.9 Å². The van der Waals surface area contributed by atoms with E-state index in [2.05, 4.69) is 22.3 Å². The first-order valence-electron chi connectivity index (χ1n) is 6.48.